The van der Waals surface area contributed by atoms with Crippen molar-refractivity contribution in [2.45, 2.75) is 31.3 Å². The summed E-state index contributed by atoms with van der Waals surface area (Å²) in [7, 11) is -1.58. The molecular weight excluding hydrogens is 304 g/mol. The zero-order valence-electron chi connectivity index (χ0n) is 13.3. The van der Waals surface area contributed by atoms with Crippen molar-refractivity contribution < 1.29 is 17.9 Å². The van der Waals surface area contributed by atoms with E-state index < -0.39 is 10.0 Å². The number of anilines is 1. The molecule has 0 aromatic heterocycles. The molecule has 1 N–H and O–H groups in total. The quantitative estimate of drug-likeness (QED) is 0.770. The SMILES string of the molecule is CC(C)OCCCNS(=O)(=O)c1ccc2c(c1)N(C)CCO2. The monoisotopic (exact) mass is 328 g/mol. The largest absolute Gasteiger partial charge is 0.490 e. The molecule has 0 aliphatic carbocycles. The third-order valence-corrected chi connectivity index (χ3v) is 4.86. The lowest BCUT2D eigenvalue weighted by Crippen LogP contribution is -2.30. The number of benzene rings is 1. The van der Waals surface area contributed by atoms with Crippen LogP contribution in [0.4, 0.5) is 5.69 Å². The Balaban J connectivity index is 1.99. The highest BCUT2D eigenvalue weighted by atomic mass is 32.2. The summed E-state index contributed by atoms with van der Waals surface area (Å²) in [4.78, 5) is 2.25. The number of nitrogens with zero attached hydrogens (tertiary/aromatic N) is 1. The third-order valence-electron chi connectivity index (χ3n) is 3.40. The second kappa shape index (κ2) is 7.30. The van der Waals surface area contributed by atoms with Crippen LogP contribution in [0.2, 0.25) is 0 Å². The number of hydrogen-bond donors (Lipinski definition) is 1. The summed E-state index contributed by atoms with van der Waals surface area (Å²) in [6.45, 7) is 6.17. The lowest BCUT2D eigenvalue weighted by atomic mass is 10.2. The average Bonchev–Trinajstić information content (AvgIpc) is 2.46. The summed E-state index contributed by atoms with van der Waals surface area (Å²) in [5, 5.41) is 0. The van der Waals surface area contributed by atoms with Crippen LogP contribution >= 0.6 is 0 Å². The maximum absolute atomic E-state index is 12.3. The molecule has 1 aromatic carbocycles. The molecule has 0 fully saturated rings. The molecule has 0 saturated heterocycles. The molecule has 2 rings (SSSR count). The van der Waals surface area contributed by atoms with Crippen LogP contribution in [0.3, 0.4) is 0 Å². The van der Waals surface area contributed by atoms with Crippen molar-refractivity contribution in [1.82, 2.24) is 4.72 Å². The van der Waals surface area contributed by atoms with E-state index in [1.807, 2.05) is 25.8 Å². The minimum Gasteiger partial charge on any atom is -0.490 e. The normalized spacial score (nSPS) is 14.8. The van der Waals surface area contributed by atoms with Gasteiger partial charge in [-0.25, -0.2) is 13.1 Å². The van der Waals surface area contributed by atoms with Gasteiger partial charge in [-0.15, -0.1) is 0 Å². The Labute approximate surface area is 132 Å². The average molecular weight is 328 g/mol. The molecule has 1 aliphatic rings. The number of nitrogens with one attached hydrogen (secondary N) is 1. The van der Waals surface area contributed by atoms with Gasteiger partial charge >= 0.3 is 0 Å². The fourth-order valence-corrected chi connectivity index (χ4v) is 3.27. The number of hydrogen-bond acceptors (Lipinski definition) is 5. The van der Waals surface area contributed by atoms with Gasteiger partial charge in [0.25, 0.3) is 0 Å². The van der Waals surface area contributed by atoms with Crippen molar-refractivity contribution in [2.75, 3.05) is 38.3 Å². The van der Waals surface area contributed by atoms with Crippen molar-refractivity contribution in [3.63, 3.8) is 0 Å². The molecule has 1 aliphatic heterocycles. The van der Waals surface area contributed by atoms with E-state index in [0.717, 1.165) is 18.0 Å². The maximum Gasteiger partial charge on any atom is 0.240 e. The van der Waals surface area contributed by atoms with Crippen LogP contribution in [-0.4, -0.2) is 47.9 Å². The van der Waals surface area contributed by atoms with Gasteiger partial charge in [0.05, 0.1) is 23.2 Å². The van der Waals surface area contributed by atoms with E-state index in [1.54, 1.807) is 18.2 Å². The first-order valence-corrected chi connectivity index (χ1v) is 8.98. The van der Waals surface area contributed by atoms with Crippen LogP contribution in [0.5, 0.6) is 5.75 Å². The number of sulfonamides is 1. The number of likely N-dealkylation sites (N-methyl/N-ethyl adjacent to an activating group) is 1. The lowest BCUT2D eigenvalue weighted by Gasteiger charge is -2.28. The fourth-order valence-electron chi connectivity index (χ4n) is 2.18. The zero-order valence-corrected chi connectivity index (χ0v) is 14.1. The summed E-state index contributed by atoms with van der Waals surface area (Å²) in [6, 6.07) is 4.94. The highest BCUT2D eigenvalue weighted by Gasteiger charge is 2.20. The first-order valence-electron chi connectivity index (χ1n) is 7.49. The minimum absolute atomic E-state index is 0.160. The molecule has 0 unspecified atom stereocenters. The van der Waals surface area contributed by atoms with Crippen molar-refractivity contribution in [1.29, 1.82) is 0 Å². The van der Waals surface area contributed by atoms with Crippen molar-refractivity contribution in [3.8, 4) is 5.75 Å². The Morgan fingerprint density at radius 1 is 1.41 bits per heavy atom. The van der Waals surface area contributed by atoms with Gasteiger partial charge in [-0.05, 0) is 38.5 Å². The molecule has 22 heavy (non-hydrogen) atoms. The van der Waals surface area contributed by atoms with Crippen LogP contribution in [0.15, 0.2) is 23.1 Å². The van der Waals surface area contributed by atoms with Crippen LogP contribution in [0.25, 0.3) is 0 Å². The summed E-state index contributed by atoms with van der Waals surface area (Å²) >= 11 is 0. The highest BCUT2D eigenvalue weighted by molar-refractivity contribution is 7.89. The molecule has 0 spiro atoms. The molecule has 0 saturated carbocycles. The molecule has 6 nitrogen and oxygen atoms in total. The Hall–Kier alpha value is -1.31. The van der Waals surface area contributed by atoms with E-state index in [0.29, 0.717) is 26.2 Å². The van der Waals surface area contributed by atoms with E-state index in [9.17, 15) is 8.42 Å². The van der Waals surface area contributed by atoms with E-state index in [2.05, 4.69) is 4.72 Å². The van der Waals surface area contributed by atoms with Gasteiger partial charge in [0.15, 0.2) is 0 Å². The number of fused-ring (bicyclic) bond motifs is 1. The van der Waals surface area contributed by atoms with Crippen LogP contribution in [0.1, 0.15) is 20.3 Å². The minimum atomic E-state index is -3.51. The van der Waals surface area contributed by atoms with Crippen molar-refractivity contribution in [3.05, 3.63) is 18.2 Å². The Morgan fingerprint density at radius 3 is 2.91 bits per heavy atom. The standard InChI is InChI=1S/C15H24N2O4S/c1-12(2)20-9-4-7-16-22(18,19)13-5-6-15-14(11-13)17(3)8-10-21-15/h5-6,11-12,16H,4,7-10H2,1-3H3. The third kappa shape index (κ3) is 4.34. The molecule has 0 amide bonds. The van der Waals surface area contributed by atoms with Gasteiger partial charge < -0.3 is 14.4 Å². The molecule has 7 heteroatoms. The topological polar surface area (TPSA) is 67.9 Å². The summed E-state index contributed by atoms with van der Waals surface area (Å²) in [5.41, 5.74) is 0.803. The van der Waals surface area contributed by atoms with Gasteiger partial charge in [-0.3, -0.25) is 0 Å². The number of rotatable bonds is 7. The molecular formula is C15H24N2O4S. The van der Waals surface area contributed by atoms with Gasteiger partial charge in [0.2, 0.25) is 10.0 Å². The van der Waals surface area contributed by atoms with Gasteiger partial charge in [0.1, 0.15) is 12.4 Å². The van der Waals surface area contributed by atoms with Crippen molar-refractivity contribution in [2.24, 2.45) is 0 Å². The summed E-state index contributed by atoms with van der Waals surface area (Å²) in [6.07, 6.45) is 0.804. The fraction of sp³-hybridized carbons (Fsp3) is 0.600. The van der Waals surface area contributed by atoms with E-state index >= 15 is 0 Å². The Bertz CT molecular complexity index is 602. The maximum atomic E-state index is 12.3. The summed E-state index contributed by atoms with van der Waals surface area (Å²) in [5.74, 6) is 0.720. The molecule has 0 radical (unpaired) electrons. The Morgan fingerprint density at radius 2 is 2.18 bits per heavy atom. The lowest BCUT2D eigenvalue weighted by molar-refractivity contribution is 0.0778. The van der Waals surface area contributed by atoms with Crippen LogP contribution in [0, 0.1) is 0 Å². The molecule has 1 heterocycles. The molecule has 0 atom stereocenters. The Kier molecular flexibility index (Phi) is 5.66. The second-order valence-electron chi connectivity index (χ2n) is 5.57. The van der Waals surface area contributed by atoms with Crippen molar-refractivity contribution >= 4 is 15.7 Å². The van der Waals surface area contributed by atoms with Gasteiger partial charge in [0, 0.05) is 20.2 Å². The van der Waals surface area contributed by atoms with E-state index in [1.165, 1.54) is 0 Å². The first kappa shape index (κ1) is 17.1. The zero-order chi connectivity index (χ0) is 16.2. The highest BCUT2D eigenvalue weighted by Crippen LogP contribution is 2.32. The predicted molar refractivity (Wildman–Crippen MR) is 86.1 cm³/mol. The predicted octanol–water partition coefficient (Wildman–Crippen LogP) is 1.61. The second-order valence-corrected chi connectivity index (χ2v) is 7.34. The first-order chi connectivity index (χ1) is 10.4. The molecule has 124 valence electrons. The smallest absolute Gasteiger partial charge is 0.240 e. The van der Waals surface area contributed by atoms with Crippen LogP contribution in [-0.2, 0) is 14.8 Å². The van der Waals surface area contributed by atoms with E-state index in [4.69, 9.17) is 9.47 Å². The molecule has 1 aromatic rings. The van der Waals surface area contributed by atoms with E-state index in [-0.39, 0.29) is 11.0 Å². The number of ether oxygens (including phenoxy) is 2. The van der Waals surface area contributed by atoms with Gasteiger partial charge in [-0.2, -0.15) is 0 Å². The summed E-state index contributed by atoms with van der Waals surface area (Å²) < 4.78 is 38.1. The molecule has 0 bridgehead atoms. The van der Waals surface area contributed by atoms with Crippen LogP contribution < -0.4 is 14.4 Å². The van der Waals surface area contributed by atoms with Gasteiger partial charge in [-0.1, -0.05) is 0 Å².